The number of aromatic nitrogens is 1. The minimum absolute atomic E-state index is 0.0539. The maximum absolute atomic E-state index is 12.2. The zero-order valence-corrected chi connectivity index (χ0v) is 16.1. The van der Waals surface area contributed by atoms with Gasteiger partial charge >= 0.3 is 0 Å². The smallest absolute Gasteiger partial charge is 0.244 e. The second kappa shape index (κ2) is 8.47. The Morgan fingerprint density at radius 3 is 2.79 bits per heavy atom. The van der Waals surface area contributed by atoms with Gasteiger partial charge in [-0.3, -0.25) is 14.8 Å². The molecule has 1 aliphatic heterocycles. The molecule has 0 radical (unpaired) electrons. The van der Waals surface area contributed by atoms with E-state index in [9.17, 15) is 4.79 Å². The van der Waals surface area contributed by atoms with E-state index in [0.717, 1.165) is 44.3 Å². The van der Waals surface area contributed by atoms with E-state index in [4.69, 9.17) is 10.5 Å². The summed E-state index contributed by atoms with van der Waals surface area (Å²) in [4.78, 5) is 22.9. The van der Waals surface area contributed by atoms with Crippen LogP contribution >= 0.6 is 0 Å². The van der Waals surface area contributed by atoms with E-state index in [1.807, 2.05) is 11.0 Å². The van der Waals surface area contributed by atoms with Crippen molar-refractivity contribution in [1.82, 2.24) is 9.88 Å². The number of amides is 1. The molecular formula is C22H26N4O2. The Kier molecular flexibility index (Phi) is 5.61. The third kappa shape index (κ3) is 4.92. The number of rotatable bonds is 6. The molecule has 6 nitrogen and oxygen atoms in total. The van der Waals surface area contributed by atoms with Crippen LogP contribution in [0.1, 0.15) is 49.8 Å². The number of allylic oxidation sites excluding steroid dienone is 1. The van der Waals surface area contributed by atoms with Gasteiger partial charge in [0.05, 0.1) is 6.10 Å². The first-order valence-electron chi connectivity index (χ1n) is 10.1. The standard InChI is InChI=1S/C22H26N4O2/c23-12-18(14-24-15-21(27)26-9-1-2-10-26)22-20(28-19-7-8-19)11-17(13-25-22)6-5-16-3-4-16/h11-14,16,19H,1-4,7-10,15,23H2/b18-12+,24-14?. The molecule has 0 spiro atoms. The predicted octanol–water partition coefficient (Wildman–Crippen LogP) is 2.38. The summed E-state index contributed by atoms with van der Waals surface area (Å²) in [5, 5.41) is 0. The first-order valence-corrected chi connectivity index (χ1v) is 10.1. The van der Waals surface area contributed by atoms with Crippen molar-refractivity contribution in [3.63, 3.8) is 0 Å². The molecular weight excluding hydrogens is 352 g/mol. The number of carbonyl (C=O) groups is 1. The SMILES string of the molecule is N/C=C(\C=NCC(=O)N1CCCC1)c1ncc(C#CC2CC2)cc1OC1CC1. The molecule has 3 fully saturated rings. The molecule has 3 aliphatic rings. The second-order valence-electron chi connectivity index (χ2n) is 7.61. The Morgan fingerprint density at radius 2 is 2.11 bits per heavy atom. The summed E-state index contributed by atoms with van der Waals surface area (Å²) in [7, 11) is 0. The zero-order valence-electron chi connectivity index (χ0n) is 16.1. The lowest BCUT2D eigenvalue weighted by Crippen LogP contribution is -2.29. The highest BCUT2D eigenvalue weighted by Crippen LogP contribution is 2.32. The van der Waals surface area contributed by atoms with Crippen LogP contribution in [0, 0.1) is 17.8 Å². The van der Waals surface area contributed by atoms with Crippen LogP contribution in [-0.4, -0.2) is 47.7 Å². The van der Waals surface area contributed by atoms with E-state index >= 15 is 0 Å². The minimum atomic E-state index is 0.0539. The van der Waals surface area contributed by atoms with Crippen LogP contribution in [0.25, 0.3) is 5.57 Å². The molecule has 0 atom stereocenters. The molecule has 6 heteroatoms. The Hall–Kier alpha value is -2.81. The fourth-order valence-electron chi connectivity index (χ4n) is 3.07. The quantitative estimate of drug-likeness (QED) is 0.609. The number of hydrogen-bond acceptors (Lipinski definition) is 5. The Labute approximate surface area is 165 Å². The van der Waals surface area contributed by atoms with Crippen LogP contribution in [0.4, 0.5) is 0 Å². The van der Waals surface area contributed by atoms with Crippen molar-refractivity contribution in [2.75, 3.05) is 19.6 Å². The number of nitrogens with zero attached hydrogens (tertiary/aromatic N) is 3. The van der Waals surface area contributed by atoms with Gasteiger partial charge in [-0.05, 0) is 44.6 Å². The molecule has 2 N–H and O–H groups in total. The van der Waals surface area contributed by atoms with Crippen molar-refractivity contribution in [2.45, 2.75) is 44.6 Å². The average molecular weight is 378 g/mol. The van der Waals surface area contributed by atoms with Crippen LogP contribution in [0.5, 0.6) is 5.75 Å². The number of aliphatic imine (C=N–C) groups is 1. The Balaban J connectivity index is 1.48. The molecule has 0 unspecified atom stereocenters. The maximum atomic E-state index is 12.2. The number of hydrogen-bond donors (Lipinski definition) is 1. The molecule has 0 bridgehead atoms. The van der Waals surface area contributed by atoms with Crippen LogP contribution in [0.15, 0.2) is 23.5 Å². The van der Waals surface area contributed by atoms with Crippen molar-refractivity contribution in [1.29, 1.82) is 0 Å². The fraction of sp³-hybridized carbons (Fsp3) is 0.500. The van der Waals surface area contributed by atoms with Crippen LogP contribution in [0.3, 0.4) is 0 Å². The fourth-order valence-corrected chi connectivity index (χ4v) is 3.07. The Morgan fingerprint density at radius 1 is 1.32 bits per heavy atom. The highest BCUT2D eigenvalue weighted by molar-refractivity contribution is 6.10. The van der Waals surface area contributed by atoms with E-state index in [1.165, 1.54) is 19.0 Å². The number of nitrogens with two attached hydrogens (primary N) is 1. The molecule has 4 rings (SSSR count). The molecule has 2 heterocycles. The van der Waals surface area contributed by atoms with E-state index < -0.39 is 0 Å². The average Bonchev–Trinajstić information content (AvgIpc) is 3.64. The van der Waals surface area contributed by atoms with Crippen molar-refractivity contribution in [3.8, 4) is 17.6 Å². The van der Waals surface area contributed by atoms with Crippen molar-refractivity contribution < 1.29 is 9.53 Å². The summed E-state index contributed by atoms with van der Waals surface area (Å²) < 4.78 is 6.05. The van der Waals surface area contributed by atoms with Gasteiger partial charge in [0.2, 0.25) is 5.91 Å². The van der Waals surface area contributed by atoms with Gasteiger partial charge < -0.3 is 15.4 Å². The van der Waals surface area contributed by atoms with Gasteiger partial charge in [0.25, 0.3) is 0 Å². The first-order chi connectivity index (χ1) is 13.7. The molecule has 146 valence electrons. The van der Waals surface area contributed by atoms with E-state index in [0.29, 0.717) is 22.9 Å². The van der Waals surface area contributed by atoms with E-state index in [-0.39, 0.29) is 18.6 Å². The number of ether oxygens (including phenoxy) is 1. The summed E-state index contributed by atoms with van der Waals surface area (Å²) in [6, 6.07) is 1.93. The number of likely N-dealkylation sites (tertiary alicyclic amines) is 1. The topological polar surface area (TPSA) is 80.8 Å². The number of pyridine rings is 1. The lowest BCUT2D eigenvalue weighted by Gasteiger charge is -2.13. The largest absolute Gasteiger partial charge is 0.488 e. The van der Waals surface area contributed by atoms with Gasteiger partial charge in [0.15, 0.2) is 0 Å². The molecule has 2 saturated carbocycles. The lowest BCUT2D eigenvalue weighted by molar-refractivity contribution is -0.128. The zero-order chi connectivity index (χ0) is 19.3. The van der Waals surface area contributed by atoms with E-state index in [1.54, 1.807) is 12.4 Å². The molecule has 1 saturated heterocycles. The summed E-state index contributed by atoms with van der Waals surface area (Å²) in [6.45, 7) is 1.79. The molecule has 28 heavy (non-hydrogen) atoms. The molecule has 1 aromatic rings. The maximum Gasteiger partial charge on any atom is 0.244 e. The van der Waals surface area contributed by atoms with Crippen LogP contribution in [0.2, 0.25) is 0 Å². The van der Waals surface area contributed by atoms with Crippen molar-refractivity contribution in [2.24, 2.45) is 16.6 Å². The van der Waals surface area contributed by atoms with Crippen LogP contribution < -0.4 is 10.5 Å². The predicted molar refractivity (Wildman–Crippen MR) is 109 cm³/mol. The molecule has 0 aromatic carbocycles. The van der Waals surface area contributed by atoms with Gasteiger partial charge in [-0.2, -0.15) is 0 Å². The van der Waals surface area contributed by atoms with Gasteiger partial charge in [0, 0.05) is 48.8 Å². The second-order valence-corrected chi connectivity index (χ2v) is 7.61. The number of carbonyl (C=O) groups excluding carboxylic acids is 1. The summed E-state index contributed by atoms with van der Waals surface area (Å²) in [5.74, 6) is 7.71. The third-order valence-electron chi connectivity index (χ3n) is 5.04. The van der Waals surface area contributed by atoms with Crippen molar-refractivity contribution in [3.05, 3.63) is 29.7 Å². The third-order valence-corrected chi connectivity index (χ3v) is 5.04. The summed E-state index contributed by atoms with van der Waals surface area (Å²) in [6.07, 6.45) is 11.7. The molecule has 2 aliphatic carbocycles. The highest BCUT2D eigenvalue weighted by Gasteiger charge is 2.26. The lowest BCUT2D eigenvalue weighted by atomic mass is 10.1. The van der Waals surface area contributed by atoms with E-state index in [2.05, 4.69) is 21.8 Å². The molecule has 1 amide bonds. The van der Waals surface area contributed by atoms with Crippen LogP contribution in [-0.2, 0) is 4.79 Å². The highest BCUT2D eigenvalue weighted by atomic mass is 16.5. The Bertz CT molecular complexity index is 851. The monoisotopic (exact) mass is 378 g/mol. The van der Waals surface area contributed by atoms with Gasteiger partial charge in [-0.1, -0.05) is 11.8 Å². The molecule has 1 aromatic heterocycles. The van der Waals surface area contributed by atoms with Crippen molar-refractivity contribution >= 4 is 17.7 Å². The first kappa shape index (κ1) is 18.5. The van der Waals surface area contributed by atoms with Gasteiger partial charge in [0.1, 0.15) is 18.0 Å². The summed E-state index contributed by atoms with van der Waals surface area (Å²) >= 11 is 0. The minimum Gasteiger partial charge on any atom is -0.488 e. The normalized spacial score (nSPS) is 19.6. The van der Waals surface area contributed by atoms with Gasteiger partial charge in [-0.15, -0.1) is 0 Å². The van der Waals surface area contributed by atoms with Gasteiger partial charge in [-0.25, -0.2) is 0 Å². The summed E-state index contributed by atoms with van der Waals surface area (Å²) in [5.41, 5.74) is 7.97.